The van der Waals surface area contributed by atoms with E-state index in [4.69, 9.17) is 0 Å². The zero-order valence-corrected chi connectivity index (χ0v) is 19.1. The Balaban J connectivity index is 1.21. The van der Waals surface area contributed by atoms with Crippen LogP contribution in [0, 0.1) is 12.8 Å². The Labute approximate surface area is 191 Å². The molecule has 170 valence electrons. The van der Waals surface area contributed by atoms with Crippen molar-refractivity contribution in [1.29, 1.82) is 0 Å². The molecular formula is C26H34N4O2. The Kier molecular flexibility index (Phi) is 7.53. The molecule has 1 atom stereocenters. The maximum Gasteiger partial charge on any atom is 0.255 e. The molecule has 1 aromatic heterocycles. The fourth-order valence-electron chi connectivity index (χ4n) is 4.85. The van der Waals surface area contributed by atoms with Crippen LogP contribution >= 0.6 is 0 Å². The highest BCUT2D eigenvalue weighted by molar-refractivity contribution is 5.95. The van der Waals surface area contributed by atoms with Crippen LogP contribution in [0.25, 0.3) is 0 Å². The zero-order chi connectivity index (χ0) is 22.3. The van der Waals surface area contributed by atoms with Crippen LogP contribution in [0.1, 0.15) is 47.3 Å². The normalized spacial score (nSPS) is 19.7. The molecule has 2 fully saturated rings. The topological polar surface area (TPSA) is 56.8 Å². The van der Waals surface area contributed by atoms with Crippen molar-refractivity contribution >= 4 is 11.8 Å². The van der Waals surface area contributed by atoms with Gasteiger partial charge in [0.15, 0.2) is 0 Å². The van der Waals surface area contributed by atoms with E-state index in [1.165, 1.54) is 5.56 Å². The van der Waals surface area contributed by atoms with Gasteiger partial charge in [-0.3, -0.25) is 19.5 Å². The third-order valence-electron chi connectivity index (χ3n) is 6.78. The maximum absolute atomic E-state index is 12.9. The monoisotopic (exact) mass is 434 g/mol. The number of pyridine rings is 1. The van der Waals surface area contributed by atoms with Gasteiger partial charge in [0.25, 0.3) is 5.91 Å². The zero-order valence-electron chi connectivity index (χ0n) is 19.1. The third-order valence-corrected chi connectivity index (χ3v) is 6.78. The third kappa shape index (κ3) is 5.74. The lowest BCUT2D eigenvalue weighted by atomic mass is 9.92. The van der Waals surface area contributed by atoms with E-state index in [9.17, 15) is 9.59 Å². The second kappa shape index (κ2) is 10.7. The van der Waals surface area contributed by atoms with Crippen LogP contribution in [-0.4, -0.2) is 70.8 Å². The second-order valence-electron chi connectivity index (χ2n) is 9.08. The molecule has 0 radical (unpaired) electrons. The predicted molar refractivity (Wildman–Crippen MR) is 125 cm³/mol. The van der Waals surface area contributed by atoms with Crippen LogP contribution < -0.4 is 0 Å². The fourth-order valence-corrected chi connectivity index (χ4v) is 4.85. The van der Waals surface area contributed by atoms with Crippen molar-refractivity contribution in [2.45, 2.75) is 39.2 Å². The molecule has 0 unspecified atom stereocenters. The summed E-state index contributed by atoms with van der Waals surface area (Å²) in [6, 6.07) is 14.2. The lowest BCUT2D eigenvalue weighted by Gasteiger charge is -2.36. The molecule has 6 heteroatoms. The number of carbonyl (C=O) groups excluding carboxylic acids is 2. The Morgan fingerprint density at radius 2 is 1.75 bits per heavy atom. The first-order valence-electron chi connectivity index (χ1n) is 11.8. The van der Waals surface area contributed by atoms with Gasteiger partial charge in [0.05, 0.1) is 5.56 Å². The molecule has 2 aromatic rings. The summed E-state index contributed by atoms with van der Waals surface area (Å²) in [5, 5.41) is 0. The highest BCUT2D eigenvalue weighted by Gasteiger charge is 2.27. The van der Waals surface area contributed by atoms with Gasteiger partial charge in [-0.05, 0) is 49.8 Å². The summed E-state index contributed by atoms with van der Waals surface area (Å²) in [4.78, 5) is 36.4. The molecule has 2 amide bonds. The first-order valence-corrected chi connectivity index (χ1v) is 11.8. The lowest BCUT2D eigenvalue weighted by Crippen LogP contribution is -2.48. The van der Waals surface area contributed by atoms with Crippen molar-refractivity contribution in [2.75, 3.05) is 39.3 Å². The Hall–Kier alpha value is -2.73. The molecule has 1 aromatic carbocycles. The molecule has 4 rings (SSSR count). The van der Waals surface area contributed by atoms with Crippen LogP contribution in [0.4, 0.5) is 0 Å². The van der Waals surface area contributed by atoms with Crippen LogP contribution in [0.3, 0.4) is 0 Å². The van der Waals surface area contributed by atoms with Crippen LogP contribution in [0.2, 0.25) is 0 Å². The molecule has 2 saturated heterocycles. The molecule has 2 aliphatic rings. The van der Waals surface area contributed by atoms with Crippen molar-refractivity contribution in [1.82, 2.24) is 19.7 Å². The summed E-state index contributed by atoms with van der Waals surface area (Å²) in [6.45, 7) is 7.83. The molecule has 0 spiro atoms. The molecule has 32 heavy (non-hydrogen) atoms. The molecule has 3 heterocycles. The lowest BCUT2D eigenvalue weighted by molar-refractivity contribution is -0.133. The minimum Gasteiger partial charge on any atom is -0.340 e. The van der Waals surface area contributed by atoms with Crippen molar-refractivity contribution < 1.29 is 9.59 Å². The van der Waals surface area contributed by atoms with E-state index in [-0.39, 0.29) is 11.8 Å². The van der Waals surface area contributed by atoms with Gasteiger partial charge in [-0.1, -0.05) is 30.3 Å². The first kappa shape index (κ1) is 22.5. The minimum absolute atomic E-state index is 0.0705. The summed E-state index contributed by atoms with van der Waals surface area (Å²) in [6.07, 6.45) is 5.25. The van der Waals surface area contributed by atoms with Gasteiger partial charge >= 0.3 is 0 Å². The van der Waals surface area contributed by atoms with Crippen LogP contribution in [0.15, 0.2) is 48.7 Å². The summed E-state index contributed by atoms with van der Waals surface area (Å²) >= 11 is 0. The highest BCUT2D eigenvalue weighted by Crippen LogP contribution is 2.23. The average molecular weight is 435 g/mol. The molecule has 0 bridgehead atoms. The van der Waals surface area contributed by atoms with Gasteiger partial charge in [0.1, 0.15) is 0 Å². The van der Waals surface area contributed by atoms with Gasteiger partial charge in [-0.25, -0.2) is 0 Å². The van der Waals surface area contributed by atoms with Gasteiger partial charge in [-0.2, -0.15) is 0 Å². The van der Waals surface area contributed by atoms with E-state index < -0.39 is 0 Å². The number of aryl methyl sites for hydroxylation is 1. The number of hydrogen-bond donors (Lipinski definition) is 0. The fraction of sp³-hybridized carbons (Fsp3) is 0.500. The van der Waals surface area contributed by atoms with Gasteiger partial charge in [0.2, 0.25) is 5.91 Å². The van der Waals surface area contributed by atoms with E-state index in [2.05, 4.69) is 34.1 Å². The smallest absolute Gasteiger partial charge is 0.255 e. The Morgan fingerprint density at radius 1 is 0.969 bits per heavy atom. The van der Waals surface area contributed by atoms with Crippen LogP contribution in [-0.2, 0) is 11.3 Å². The van der Waals surface area contributed by atoms with E-state index in [1.54, 1.807) is 6.20 Å². The second-order valence-corrected chi connectivity index (χ2v) is 9.08. The van der Waals surface area contributed by atoms with Crippen molar-refractivity contribution in [3.8, 4) is 0 Å². The number of hydrogen-bond acceptors (Lipinski definition) is 4. The molecule has 0 aliphatic carbocycles. The quantitative estimate of drug-likeness (QED) is 0.700. The molecule has 2 aliphatic heterocycles. The van der Waals surface area contributed by atoms with Gasteiger partial charge in [-0.15, -0.1) is 0 Å². The van der Waals surface area contributed by atoms with Crippen LogP contribution in [0.5, 0.6) is 0 Å². The molecule has 0 saturated carbocycles. The number of nitrogens with zero attached hydrogens (tertiary/aromatic N) is 4. The Morgan fingerprint density at radius 3 is 2.50 bits per heavy atom. The van der Waals surface area contributed by atoms with Crippen molar-refractivity contribution in [3.63, 3.8) is 0 Å². The number of carbonyl (C=O) groups is 2. The van der Waals surface area contributed by atoms with E-state index >= 15 is 0 Å². The molecule has 6 nitrogen and oxygen atoms in total. The number of likely N-dealkylation sites (tertiary alicyclic amines) is 1. The predicted octanol–water partition coefficient (Wildman–Crippen LogP) is 3.37. The van der Waals surface area contributed by atoms with Crippen molar-refractivity contribution in [2.24, 2.45) is 5.92 Å². The summed E-state index contributed by atoms with van der Waals surface area (Å²) in [5.74, 6) is 0.727. The molecule has 0 N–H and O–H groups in total. The maximum atomic E-state index is 12.9. The largest absolute Gasteiger partial charge is 0.340 e. The number of benzene rings is 1. The Bertz CT molecular complexity index is 909. The minimum atomic E-state index is 0.0705. The summed E-state index contributed by atoms with van der Waals surface area (Å²) in [5.41, 5.74) is 2.80. The number of piperazine rings is 1. The van der Waals surface area contributed by atoms with Crippen molar-refractivity contribution in [3.05, 3.63) is 65.5 Å². The number of aromatic nitrogens is 1. The van der Waals surface area contributed by atoms with Gasteiger partial charge in [0, 0.05) is 64.1 Å². The summed E-state index contributed by atoms with van der Waals surface area (Å²) in [7, 11) is 0. The average Bonchev–Trinajstić information content (AvgIpc) is 2.84. The number of piperidine rings is 1. The van der Waals surface area contributed by atoms with E-state index in [1.807, 2.05) is 34.9 Å². The number of amides is 2. The molecular weight excluding hydrogens is 400 g/mol. The van der Waals surface area contributed by atoms with E-state index in [0.717, 1.165) is 70.8 Å². The summed E-state index contributed by atoms with van der Waals surface area (Å²) < 4.78 is 0. The highest BCUT2D eigenvalue weighted by atomic mass is 16.2. The van der Waals surface area contributed by atoms with Gasteiger partial charge < -0.3 is 9.80 Å². The van der Waals surface area contributed by atoms with E-state index in [0.29, 0.717) is 17.9 Å². The first-order chi connectivity index (χ1) is 15.6. The standard InChI is InChI=1S/C26H34N4O2/c1-21-24(10-5-13-27-21)26(32)30-14-6-9-23(20-30)11-12-25(31)29-17-15-28(16-18-29)19-22-7-3-2-4-8-22/h2-5,7-8,10,13,23H,6,9,11-12,14-20H2,1H3/t23-/m0/s1. The number of rotatable bonds is 6. The SMILES string of the molecule is Cc1ncccc1C(=O)N1CCC[C@@H](CCC(=O)N2CCN(Cc3ccccc3)CC2)C1.